The first-order valence-electron chi connectivity index (χ1n) is 7.15. The average Bonchev–Trinajstić information content (AvgIpc) is 2.71. The number of carbonyl (C=O) groups is 2. The van der Waals surface area contributed by atoms with Crippen molar-refractivity contribution >= 4 is 39.1 Å². The molecule has 1 aliphatic rings. The molecule has 0 saturated heterocycles. The molecule has 1 heterocycles. The number of ether oxygens (including phenoxy) is 1. The lowest BCUT2D eigenvalue weighted by atomic mass is 10.1. The highest BCUT2D eigenvalue weighted by Crippen LogP contribution is 2.28. The predicted octanol–water partition coefficient (Wildman–Crippen LogP) is 3.31. The minimum atomic E-state index is -0.597. The van der Waals surface area contributed by atoms with Gasteiger partial charge in [-0.15, -0.1) is 0 Å². The SMILES string of the molecule is CCOC(=O)c1c(N)c(C(C)=O)nn1C1=CC=C(Br)C=C(C)C1. The molecule has 0 aromatic carbocycles. The third-order valence-electron chi connectivity index (χ3n) is 3.28. The van der Waals surface area contributed by atoms with Crippen LogP contribution in [0.3, 0.4) is 0 Å². The van der Waals surface area contributed by atoms with E-state index in [1.807, 2.05) is 25.2 Å². The Morgan fingerprint density at radius 3 is 2.74 bits per heavy atom. The van der Waals surface area contributed by atoms with Gasteiger partial charge in [-0.25, -0.2) is 9.48 Å². The van der Waals surface area contributed by atoms with Gasteiger partial charge in [-0.3, -0.25) is 4.79 Å². The first kappa shape index (κ1) is 17.2. The molecule has 0 fully saturated rings. The van der Waals surface area contributed by atoms with Crippen LogP contribution in [0, 0.1) is 0 Å². The zero-order valence-electron chi connectivity index (χ0n) is 13.2. The summed E-state index contributed by atoms with van der Waals surface area (Å²) in [6.45, 7) is 5.25. The second-order valence-corrected chi connectivity index (χ2v) is 6.09. The molecule has 6 nitrogen and oxygen atoms in total. The lowest BCUT2D eigenvalue weighted by Gasteiger charge is -2.10. The molecule has 0 bridgehead atoms. The number of halogens is 1. The standard InChI is InChI=1S/C16H18BrN3O3/c1-4-23-16(22)15-13(18)14(10(3)21)19-20(15)12-6-5-11(17)7-9(2)8-12/h5-7H,4,8,18H2,1-3H3. The second kappa shape index (κ2) is 6.95. The van der Waals surface area contributed by atoms with Crippen molar-refractivity contribution in [1.82, 2.24) is 9.78 Å². The van der Waals surface area contributed by atoms with Crippen LogP contribution in [-0.2, 0) is 4.74 Å². The molecule has 0 aliphatic heterocycles. The van der Waals surface area contributed by atoms with Gasteiger partial charge in [0.25, 0.3) is 0 Å². The number of Topliss-reactive ketones (excluding diaryl/α,β-unsaturated/α-hetero) is 1. The van der Waals surface area contributed by atoms with Gasteiger partial charge in [0.15, 0.2) is 17.2 Å². The van der Waals surface area contributed by atoms with Gasteiger partial charge in [0.2, 0.25) is 0 Å². The fourth-order valence-electron chi connectivity index (χ4n) is 2.29. The number of hydrogen-bond donors (Lipinski definition) is 1. The van der Waals surface area contributed by atoms with E-state index < -0.39 is 5.97 Å². The maximum Gasteiger partial charge on any atom is 0.359 e. The number of ketones is 1. The van der Waals surface area contributed by atoms with Gasteiger partial charge in [0, 0.05) is 23.5 Å². The molecule has 1 aromatic rings. The third-order valence-corrected chi connectivity index (χ3v) is 3.77. The predicted molar refractivity (Wildman–Crippen MR) is 92.3 cm³/mol. The zero-order chi connectivity index (χ0) is 17.1. The van der Waals surface area contributed by atoms with E-state index in [1.165, 1.54) is 11.6 Å². The van der Waals surface area contributed by atoms with E-state index >= 15 is 0 Å². The topological polar surface area (TPSA) is 87.2 Å². The first-order valence-corrected chi connectivity index (χ1v) is 7.94. The summed E-state index contributed by atoms with van der Waals surface area (Å²) in [6, 6.07) is 0. The number of carbonyl (C=O) groups excluding carboxylic acids is 2. The Morgan fingerprint density at radius 2 is 2.13 bits per heavy atom. The fraction of sp³-hybridized carbons (Fsp3) is 0.312. The Morgan fingerprint density at radius 1 is 1.43 bits per heavy atom. The molecule has 2 rings (SSSR count). The molecular weight excluding hydrogens is 362 g/mol. The quantitative estimate of drug-likeness (QED) is 0.640. The molecule has 0 unspecified atom stereocenters. The Labute approximate surface area is 142 Å². The molecule has 2 N–H and O–H groups in total. The van der Waals surface area contributed by atoms with Crippen LogP contribution in [0.5, 0.6) is 0 Å². The van der Waals surface area contributed by atoms with E-state index in [9.17, 15) is 9.59 Å². The summed E-state index contributed by atoms with van der Waals surface area (Å²) >= 11 is 3.43. The number of hydrogen-bond acceptors (Lipinski definition) is 5. The van der Waals surface area contributed by atoms with Gasteiger partial charge >= 0.3 is 5.97 Å². The van der Waals surface area contributed by atoms with Crippen LogP contribution in [0.4, 0.5) is 5.69 Å². The van der Waals surface area contributed by atoms with Crippen LogP contribution in [0.25, 0.3) is 5.70 Å². The Bertz CT molecular complexity index is 757. The maximum absolute atomic E-state index is 12.3. The molecule has 0 amide bonds. The Hall–Kier alpha value is -2.15. The van der Waals surface area contributed by atoms with Crippen molar-refractivity contribution in [2.45, 2.75) is 27.2 Å². The fourth-order valence-corrected chi connectivity index (χ4v) is 2.82. The number of anilines is 1. The van der Waals surface area contributed by atoms with Crippen LogP contribution in [0.15, 0.2) is 28.3 Å². The van der Waals surface area contributed by atoms with Crippen molar-refractivity contribution in [2.75, 3.05) is 12.3 Å². The van der Waals surface area contributed by atoms with Crippen molar-refractivity contribution in [3.8, 4) is 0 Å². The number of nitrogens with zero attached hydrogens (tertiary/aromatic N) is 2. The van der Waals surface area contributed by atoms with Crippen molar-refractivity contribution < 1.29 is 14.3 Å². The van der Waals surface area contributed by atoms with E-state index in [1.54, 1.807) is 6.92 Å². The van der Waals surface area contributed by atoms with E-state index in [0.717, 1.165) is 15.8 Å². The van der Waals surface area contributed by atoms with Crippen LogP contribution in [-0.4, -0.2) is 28.1 Å². The molecule has 23 heavy (non-hydrogen) atoms. The molecule has 0 saturated carbocycles. The van der Waals surface area contributed by atoms with Gasteiger partial charge in [-0.1, -0.05) is 21.5 Å². The highest BCUT2D eigenvalue weighted by atomic mass is 79.9. The van der Waals surface area contributed by atoms with Gasteiger partial charge in [-0.2, -0.15) is 5.10 Å². The van der Waals surface area contributed by atoms with Crippen molar-refractivity contribution in [3.05, 3.63) is 39.7 Å². The summed E-state index contributed by atoms with van der Waals surface area (Å²) in [4.78, 5) is 24.0. The van der Waals surface area contributed by atoms with Gasteiger partial charge in [-0.05, 0) is 32.1 Å². The smallest absolute Gasteiger partial charge is 0.359 e. The zero-order valence-corrected chi connectivity index (χ0v) is 14.8. The molecule has 0 spiro atoms. The van der Waals surface area contributed by atoms with E-state index in [0.29, 0.717) is 6.42 Å². The van der Waals surface area contributed by atoms with Crippen LogP contribution < -0.4 is 5.73 Å². The van der Waals surface area contributed by atoms with Crippen molar-refractivity contribution in [1.29, 1.82) is 0 Å². The van der Waals surface area contributed by atoms with Crippen LogP contribution >= 0.6 is 15.9 Å². The minimum absolute atomic E-state index is 0.0470. The number of esters is 1. The monoisotopic (exact) mass is 379 g/mol. The van der Waals surface area contributed by atoms with Crippen molar-refractivity contribution in [3.63, 3.8) is 0 Å². The maximum atomic E-state index is 12.3. The van der Waals surface area contributed by atoms with Crippen molar-refractivity contribution in [2.24, 2.45) is 0 Å². The Balaban J connectivity index is 2.62. The second-order valence-electron chi connectivity index (χ2n) is 5.18. The average molecular weight is 380 g/mol. The highest BCUT2D eigenvalue weighted by molar-refractivity contribution is 9.11. The molecule has 122 valence electrons. The van der Waals surface area contributed by atoms with Crippen LogP contribution in [0.1, 0.15) is 48.2 Å². The third kappa shape index (κ3) is 3.61. The normalized spacial score (nSPS) is 14.5. The molecule has 0 radical (unpaired) electrons. The van der Waals surface area contributed by atoms with E-state index in [-0.39, 0.29) is 29.5 Å². The summed E-state index contributed by atoms with van der Waals surface area (Å²) < 4.78 is 7.37. The molecule has 1 aromatic heterocycles. The van der Waals surface area contributed by atoms with Gasteiger partial charge < -0.3 is 10.5 Å². The van der Waals surface area contributed by atoms with E-state index in [4.69, 9.17) is 10.5 Å². The summed E-state index contributed by atoms with van der Waals surface area (Å²) in [5.74, 6) is -0.898. The molecule has 0 atom stereocenters. The molecular formula is C16H18BrN3O3. The highest BCUT2D eigenvalue weighted by Gasteiger charge is 2.26. The number of aromatic nitrogens is 2. The Kier molecular flexibility index (Phi) is 5.20. The van der Waals surface area contributed by atoms with Gasteiger partial charge in [0.05, 0.1) is 12.3 Å². The summed E-state index contributed by atoms with van der Waals surface area (Å²) in [6.07, 6.45) is 6.23. The first-order chi connectivity index (χ1) is 10.8. The lowest BCUT2D eigenvalue weighted by Crippen LogP contribution is -2.14. The molecule has 1 aliphatic carbocycles. The van der Waals surface area contributed by atoms with Crippen LogP contribution in [0.2, 0.25) is 0 Å². The summed E-state index contributed by atoms with van der Waals surface area (Å²) in [5, 5.41) is 4.24. The van der Waals surface area contributed by atoms with Gasteiger partial charge in [0.1, 0.15) is 0 Å². The lowest BCUT2D eigenvalue weighted by molar-refractivity contribution is 0.0517. The number of nitrogen functional groups attached to an aromatic ring is 1. The number of allylic oxidation sites excluding steroid dienone is 6. The number of rotatable bonds is 4. The van der Waals surface area contributed by atoms with E-state index in [2.05, 4.69) is 21.0 Å². The summed E-state index contributed by atoms with van der Waals surface area (Å²) in [5.41, 5.74) is 7.98. The number of nitrogens with two attached hydrogens (primary N) is 1. The molecule has 7 heteroatoms. The minimum Gasteiger partial charge on any atom is -0.461 e. The largest absolute Gasteiger partial charge is 0.461 e. The summed E-state index contributed by atoms with van der Waals surface area (Å²) in [7, 11) is 0.